The van der Waals surface area contributed by atoms with Crippen molar-refractivity contribution in [2.45, 2.75) is 45.1 Å². The molecule has 8 nitrogen and oxygen atoms in total. The van der Waals surface area contributed by atoms with Crippen LogP contribution in [0.3, 0.4) is 0 Å². The molecule has 2 fully saturated rings. The summed E-state index contributed by atoms with van der Waals surface area (Å²) in [6.45, 7) is 9.24. The van der Waals surface area contributed by atoms with Gasteiger partial charge in [-0.25, -0.2) is 4.79 Å². The first kappa shape index (κ1) is 23.0. The van der Waals surface area contributed by atoms with Crippen LogP contribution in [0.2, 0.25) is 5.02 Å². The molecule has 1 amide bonds. The number of carbonyl (C=O) groups excluding carboxylic acids is 2. The summed E-state index contributed by atoms with van der Waals surface area (Å²) in [5, 5.41) is 11.0. The Kier molecular flexibility index (Phi) is 7.36. The van der Waals surface area contributed by atoms with Crippen LogP contribution in [0.25, 0.3) is 0 Å². The van der Waals surface area contributed by atoms with Crippen LogP contribution < -0.4 is 4.90 Å². The maximum absolute atomic E-state index is 13.0. The van der Waals surface area contributed by atoms with Crippen molar-refractivity contribution >= 4 is 29.2 Å². The molecule has 0 aromatic heterocycles. The Morgan fingerprint density at radius 3 is 2.63 bits per heavy atom. The normalized spacial score (nSPS) is 22.1. The Bertz CT molecular complexity index is 775. The Morgan fingerprint density at radius 1 is 1.27 bits per heavy atom. The number of esters is 1. The fourth-order valence-corrected chi connectivity index (χ4v) is 3.60. The average Bonchev–Trinajstić information content (AvgIpc) is 2.69. The first-order valence-electron chi connectivity index (χ1n) is 10.1. The van der Waals surface area contributed by atoms with Gasteiger partial charge in [0.05, 0.1) is 19.8 Å². The number of amides is 1. The van der Waals surface area contributed by atoms with Crippen molar-refractivity contribution in [2.24, 2.45) is 0 Å². The highest BCUT2D eigenvalue weighted by Crippen LogP contribution is 2.27. The zero-order valence-corrected chi connectivity index (χ0v) is 18.4. The molecular formula is C21H29ClN2O6. The Hall–Kier alpha value is -1.71. The van der Waals surface area contributed by atoms with Gasteiger partial charge in [-0.15, -0.1) is 0 Å². The van der Waals surface area contributed by atoms with Crippen molar-refractivity contribution in [3.05, 3.63) is 28.8 Å². The summed E-state index contributed by atoms with van der Waals surface area (Å²) >= 11 is 6.39. The maximum Gasteiger partial charge on any atom is 0.338 e. The highest BCUT2D eigenvalue weighted by atomic mass is 35.5. The molecule has 3 rings (SSSR count). The first-order chi connectivity index (χ1) is 14.2. The van der Waals surface area contributed by atoms with Crippen LogP contribution in [-0.4, -0.2) is 79.1 Å². The summed E-state index contributed by atoms with van der Waals surface area (Å²) in [5.74, 6) is -1.37. The van der Waals surface area contributed by atoms with Gasteiger partial charge in [0.25, 0.3) is 5.91 Å². The molecule has 1 N–H and O–H groups in total. The second-order valence-corrected chi connectivity index (χ2v) is 8.83. The summed E-state index contributed by atoms with van der Waals surface area (Å²) in [5.41, 5.74) is 0.775. The van der Waals surface area contributed by atoms with E-state index in [0.29, 0.717) is 37.0 Å². The molecule has 2 aliphatic rings. The van der Waals surface area contributed by atoms with E-state index in [2.05, 4.69) is 4.90 Å². The Balaban J connectivity index is 1.74. The van der Waals surface area contributed by atoms with E-state index in [-0.39, 0.29) is 6.61 Å². The van der Waals surface area contributed by atoms with E-state index in [1.807, 2.05) is 6.07 Å². The molecule has 30 heavy (non-hydrogen) atoms. The van der Waals surface area contributed by atoms with Crippen molar-refractivity contribution in [1.82, 2.24) is 4.90 Å². The number of aliphatic hydroxyl groups is 1. The van der Waals surface area contributed by atoms with Crippen LogP contribution in [0.4, 0.5) is 5.69 Å². The third-order valence-corrected chi connectivity index (χ3v) is 5.26. The van der Waals surface area contributed by atoms with Gasteiger partial charge in [-0.1, -0.05) is 11.6 Å². The third-order valence-electron chi connectivity index (χ3n) is 4.90. The van der Waals surface area contributed by atoms with Crippen LogP contribution in [0.5, 0.6) is 0 Å². The lowest BCUT2D eigenvalue weighted by Gasteiger charge is -2.35. The summed E-state index contributed by atoms with van der Waals surface area (Å²) in [4.78, 5) is 29.0. The van der Waals surface area contributed by atoms with E-state index in [9.17, 15) is 14.7 Å². The van der Waals surface area contributed by atoms with Crippen molar-refractivity contribution in [1.29, 1.82) is 0 Å². The SMILES string of the molecule is CC(C)(C)OC(=O)C(O)[C@H]1OCCN(c2ccc(Cl)c(CN3CCOCC3)c2)C1=O. The smallest absolute Gasteiger partial charge is 0.338 e. The van der Waals surface area contributed by atoms with Gasteiger partial charge in [-0.3, -0.25) is 9.69 Å². The molecule has 0 bridgehead atoms. The molecule has 2 atom stereocenters. The topological polar surface area (TPSA) is 88.5 Å². The Labute approximate surface area is 181 Å². The van der Waals surface area contributed by atoms with E-state index >= 15 is 0 Å². The van der Waals surface area contributed by atoms with Gasteiger partial charge in [0.2, 0.25) is 0 Å². The number of rotatable bonds is 5. The second kappa shape index (κ2) is 9.62. The lowest BCUT2D eigenvalue weighted by Crippen LogP contribution is -2.55. The van der Waals surface area contributed by atoms with Crippen LogP contribution in [-0.2, 0) is 30.3 Å². The predicted octanol–water partition coefficient (Wildman–Crippen LogP) is 1.61. The van der Waals surface area contributed by atoms with E-state index in [1.165, 1.54) is 4.90 Å². The van der Waals surface area contributed by atoms with Crippen molar-refractivity contribution in [3.63, 3.8) is 0 Å². The maximum atomic E-state index is 13.0. The molecule has 1 aromatic carbocycles. The largest absolute Gasteiger partial charge is 0.458 e. The summed E-state index contributed by atoms with van der Waals surface area (Å²) in [7, 11) is 0. The van der Waals surface area contributed by atoms with Crippen molar-refractivity contribution in [2.75, 3.05) is 44.4 Å². The highest BCUT2D eigenvalue weighted by Gasteiger charge is 2.41. The molecule has 0 aliphatic carbocycles. The van der Waals surface area contributed by atoms with Gasteiger partial charge in [-0.05, 0) is 44.5 Å². The number of anilines is 1. The van der Waals surface area contributed by atoms with Gasteiger partial charge < -0.3 is 24.2 Å². The highest BCUT2D eigenvalue weighted by molar-refractivity contribution is 6.31. The number of halogens is 1. The summed E-state index contributed by atoms with van der Waals surface area (Å²) < 4.78 is 16.0. The van der Waals surface area contributed by atoms with Gasteiger partial charge in [-0.2, -0.15) is 0 Å². The zero-order chi connectivity index (χ0) is 21.9. The lowest BCUT2D eigenvalue weighted by atomic mass is 10.1. The molecular weight excluding hydrogens is 412 g/mol. The minimum absolute atomic E-state index is 0.192. The number of nitrogens with zero attached hydrogens (tertiary/aromatic N) is 2. The zero-order valence-electron chi connectivity index (χ0n) is 17.6. The molecule has 1 unspecified atom stereocenters. The van der Waals surface area contributed by atoms with Gasteiger partial charge >= 0.3 is 5.97 Å². The summed E-state index contributed by atoms with van der Waals surface area (Å²) in [6, 6.07) is 5.39. The monoisotopic (exact) mass is 440 g/mol. The molecule has 166 valence electrons. The minimum Gasteiger partial charge on any atom is -0.458 e. The number of ether oxygens (including phenoxy) is 3. The molecule has 0 radical (unpaired) electrons. The predicted molar refractivity (Wildman–Crippen MR) is 111 cm³/mol. The fourth-order valence-electron chi connectivity index (χ4n) is 3.42. The second-order valence-electron chi connectivity index (χ2n) is 8.42. The van der Waals surface area contributed by atoms with Gasteiger partial charge in [0.15, 0.2) is 12.2 Å². The standard InChI is InChI=1S/C21H29ClN2O6/c1-21(2,3)30-20(27)17(25)18-19(26)24(8-11-29-18)15-4-5-16(22)14(12-15)13-23-6-9-28-10-7-23/h4-5,12,17-18,25H,6-11,13H2,1-3H3/t17?,18-/m1/s1. The van der Waals surface area contributed by atoms with Crippen molar-refractivity contribution < 1.29 is 28.9 Å². The lowest BCUT2D eigenvalue weighted by molar-refractivity contribution is -0.177. The Morgan fingerprint density at radius 2 is 1.97 bits per heavy atom. The number of carbonyl (C=O) groups is 2. The quantitative estimate of drug-likeness (QED) is 0.696. The number of morpholine rings is 2. The molecule has 1 aromatic rings. The summed E-state index contributed by atoms with van der Waals surface area (Å²) in [6.07, 6.45) is -3.01. The number of aliphatic hydroxyl groups excluding tert-OH is 1. The van der Waals surface area contributed by atoms with Crippen molar-refractivity contribution in [3.8, 4) is 0 Å². The molecule has 2 heterocycles. The molecule has 2 aliphatic heterocycles. The van der Waals surface area contributed by atoms with E-state index in [4.69, 9.17) is 25.8 Å². The van der Waals surface area contributed by atoms with Crippen LogP contribution >= 0.6 is 11.6 Å². The van der Waals surface area contributed by atoms with Crippen LogP contribution in [0.1, 0.15) is 26.3 Å². The van der Waals surface area contributed by atoms with E-state index in [0.717, 1.165) is 18.7 Å². The molecule has 2 saturated heterocycles. The van der Waals surface area contributed by atoms with E-state index in [1.54, 1.807) is 32.9 Å². The third kappa shape index (κ3) is 5.70. The molecule has 0 spiro atoms. The average molecular weight is 441 g/mol. The molecule has 0 saturated carbocycles. The van der Waals surface area contributed by atoms with Crippen LogP contribution in [0, 0.1) is 0 Å². The van der Waals surface area contributed by atoms with E-state index < -0.39 is 29.7 Å². The minimum atomic E-state index is -1.69. The number of benzene rings is 1. The number of hydrogen-bond donors (Lipinski definition) is 1. The number of hydrogen-bond acceptors (Lipinski definition) is 7. The van der Waals surface area contributed by atoms with Crippen LogP contribution in [0.15, 0.2) is 18.2 Å². The first-order valence-corrected chi connectivity index (χ1v) is 10.5. The van der Waals surface area contributed by atoms with Gasteiger partial charge in [0, 0.05) is 36.9 Å². The fraction of sp³-hybridized carbons (Fsp3) is 0.619. The van der Waals surface area contributed by atoms with Gasteiger partial charge in [0.1, 0.15) is 5.60 Å². The molecule has 9 heteroatoms.